The SMILES string of the molecule is Cc1ncc2c(n1)C1(CCCN(Cc3nc(-c4ccco4)no3)C1)CC2. The van der Waals surface area contributed by atoms with Crippen LogP contribution in [0.1, 0.15) is 42.2 Å². The van der Waals surface area contributed by atoms with E-state index < -0.39 is 0 Å². The fourth-order valence-electron chi connectivity index (χ4n) is 4.41. The predicted octanol–water partition coefficient (Wildman–Crippen LogP) is 2.91. The van der Waals surface area contributed by atoms with Crippen molar-refractivity contribution in [2.75, 3.05) is 13.1 Å². The third-order valence-corrected chi connectivity index (χ3v) is 5.58. The number of hydrogen-bond acceptors (Lipinski definition) is 7. The molecule has 3 aromatic heterocycles. The number of piperidine rings is 1. The van der Waals surface area contributed by atoms with Crippen LogP contribution in [0.4, 0.5) is 0 Å². The van der Waals surface area contributed by atoms with Crippen LogP contribution in [-0.4, -0.2) is 38.1 Å². The lowest BCUT2D eigenvalue weighted by Crippen LogP contribution is -2.45. The second-order valence-electron chi connectivity index (χ2n) is 7.37. The minimum atomic E-state index is 0.144. The van der Waals surface area contributed by atoms with Crippen molar-refractivity contribution >= 4 is 0 Å². The van der Waals surface area contributed by atoms with Gasteiger partial charge in [-0.1, -0.05) is 5.16 Å². The monoisotopic (exact) mass is 351 g/mol. The quantitative estimate of drug-likeness (QED) is 0.717. The smallest absolute Gasteiger partial charge is 0.241 e. The van der Waals surface area contributed by atoms with Crippen molar-refractivity contribution in [2.45, 2.75) is 44.6 Å². The molecular weight excluding hydrogens is 330 g/mol. The Hall–Kier alpha value is -2.54. The third kappa shape index (κ3) is 2.63. The van der Waals surface area contributed by atoms with Crippen LogP contribution in [0, 0.1) is 6.92 Å². The highest BCUT2D eigenvalue weighted by Gasteiger charge is 2.43. The first-order valence-corrected chi connectivity index (χ1v) is 9.14. The van der Waals surface area contributed by atoms with Crippen LogP contribution in [0.3, 0.4) is 0 Å². The Morgan fingerprint density at radius 3 is 3.12 bits per heavy atom. The van der Waals surface area contributed by atoms with Gasteiger partial charge in [-0.25, -0.2) is 9.97 Å². The maximum atomic E-state index is 5.44. The molecule has 0 radical (unpaired) electrons. The lowest BCUT2D eigenvalue weighted by Gasteiger charge is -2.40. The van der Waals surface area contributed by atoms with Crippen LogP contribution in [0.5, 0.6) is 0 Å². The minimum absolute atomic E-state index is 0.144. The van der Waals surface area contributed by atoms with Crippen molar-refractivity contribution in [1.82, 2.24) is 25.0 Å². The topological polar surface area (TPSA) is 81.1 Å². The Morgan fingerprint density at radius 2 is 2.23 bits per heavy atom. The van der Waals surface area contributed by atoms with E-state index in [1.807, 2.05) is 25.3 Å². The molecular formula is C19H21N5O2. The Labute approximate surface area is 151 Å². The van der Waals surface area contributed by atoms with Gasteiger partial charge in [-0.05, 0) is 56.8 Å². The molecule has 0 amide bonds. The average Bonchev–Trinajstić information content (AvgIpc) is 3.37. The summed E-state index contributed by atoms with van der Waals surface area (Å²) in [7, 11) is 0. The summed E-state index contributed by atoms with van der Waals surface area (Å²) in [5, 5.41) is 4.03. The lowest BCUT2D eigenvalue weighted by atomic mass is 9.77. The van der Waals surface area contributed by atoms with Crippen molar-refractivity contribution in [1.29, 1.82) is 0 Å². The van der Waals surface area contributed by atoms with Crippen molar-refractivity contribution in [3.8, 4) is 11.6 Å². The highest BCUT2D eigenvalue weighted by atomic mass is 16.5. The van der Waals surface area contributed by atoms with Crippen LogP contribution < -0.4 is 0 Å². The molecule has 5 rings (SSSR count). The molecule has 7 heteroatoms. The van der Waals surface area contributed by atoms with Gasteiger partial charge in [0.1, 0.15) is 5.82 Å². The van der Waals surface area contributed by atoms with Gasteiger partial charge in [-0.2, -0.15) is 4.98 Å². The molecule has 0 N–H and O–H groups in total. The fourth-order valence-corrected chi connectivity index (χ4v) is 4.41. The number of nitrogens with zero attached hydrogens (tertiary/aromatic N) is 5. The van der Waals surface area contributed by atoms with E-state index >= 15 is 0 Å². The summed E-state index contributed by atoms with van der Waals surface area (Å²) in [6.07, 6.45) is 8.20. The van der Waals surface area contributed by atoms with E-state index in [2.05, 4.69) is 20.0 Å². The lowest BCUT2D eigenvalue weighted by molar-refractivity contribution is 0.123. The number of hydrogen-bond donors (Lipinski definition) is 0. The Bertz CT molecular complexity index is 916. The normalized spacial score (nSPS) is 22.8. The molecule has 1 spiro atoms. The van der Waals surface area contributed by atoms with Crippen LogP contribution in [0.15, 0.2) is 33.5 Å². The van der Waals surface area contributed by atoms with Gasteiger partial charge < -0.3 is 8.94 Å². The summed E-state index contributed by atoms with van der Waals surface area (Å²) in [6, 6.07) is 3.66. The first kappa shape index (κ1) is 15.7. The van der Waals surface area contributed by atoms with Crippen molar-refractivity contribution < 1.29 is 8.94 Å². The number of aromatic nitrogens is 4. The maximum Gasteiger partial charge on any atom is 0.241 e. The van der Waals surface area contributed by atoms with E-state index in [9.17, 15) is 0 Å². The third-order valence-electron chi connectivity index (χ3n) is 5.58. The number of furan rings is 1. The van der Waals surface area contributed by atoms with Gasteiger partial charge in [0.25, 0.3) is 0 Å². The van der Waals surface area contributed by atoms with E-state index in [0.717, 1.165) is 38.2 Å². The largest absolute Gasteiger partial charge is 0.461 e. The van der Waals surface area contributed by atoms with Gasteiger partial charge >= 0.3 is 0 Å². The summed E-state index contributed by atoms with van der Waals surface area (Å²) in [4.78, 5) is 16.1. The van der Waals surface area contributed by atoms with Gasteiger partial charge in [0.15, 0.2) is 5.76 Å². The number of likely N-dealkylation sites (tertiary alicyclic amines) is 1. The molecule has 1 atom stereocenters. The first-order valence-electron chi connectivity index (χ1n) is 9.14. The van der Waals surface area contributed by atoms with E-state index in [-0.39, 0.29) is 5.41 Å². The maximum absolute atomic E-state index is 5.44. The Kier molecular flexibility index (Phi) is 3.63. The van der Waals surface area contributed by atoms with Crippen molar-refractivity contribution in [3.05, 3.63) is 47.6 Å². The number of aryl methyl sites for hydroxylation is 2. The molecule has 1 unspecified atom stereocenters. The van der Waals surface area contributed by atoms with E-state index in [0.29, 0.717) is 24.0 Å². The molecule has 0 saturated carbocycles. The van der Waals surface area contributed by atoms with Gasteiger partial charge in [-0.3, -0.25) is 4.90 Å². The number of fused-ring (bicyclic) bond motifs is 2. The molecule has 2 aliphatic rings. The van der Waals surface area contributed by atoms with Gasteiger partial charge in [-0.15, -0.1) is 0 Å². The molecule has 1 aliphatic heterocycles. The van der Waals surface area contributed by atoms with E-state index in [1.165, 1.54) is 17.7 Å². The molecule has 0 bridgehead atoms. The second-order valence-corrected chi connectivity index (χ2v) is 7.37. The Morgan fingerprint density at radius 1 is 1.27 bits per heavy atom. The van der Waals surface area contributed by atoms with Gasteiger partial charge in [0.05, 0.1) is 18.5 Å². The number of rotatable bonds is 3. The highest BCUT2D eigenvalue weighted by Crippen LogP contribution is 2.44. The van der Waals surface area contributed by atoms with Crippen LogP contribution in [0.2, 0.25) is 0 Å². The summed E-state index contributed by atoms with van der Waals surface area (Å²) < 4.78 is 10.8. The minimum Gasteiger partial charge on any atom is -0.461 e. The summed E-state index contributed by atoms with van der Waals surface area (Å²) in [6.45, 7) is 4.66. The van der Waals surface area contributed by atoms with E-state index in [4.69, 9.17) is 13.9 Å². The Balaban J connectivity index is 1.35. The zero-order valence-corrected chi connectivity index (χ0v) is 14.8. The first-order chi connectivity index (χ1) is 12.7. The zero-order valence-electron chi connectivity index (χ0n) is 14.8. The van der Waals surface area contributed by atoms with Crippen LogP contribution in [-0.2, 0) is 18.4 Å². The van der Waals surface area contributed by atoms with Crippen LogP contribution >= 0.6 is 0 Å². The van der Waals surface area contributed by atoms with Crippen LogP contribution in [0.25, 0.3) is 11.6 Å². The zero-order chi connectivity index (χ0) is 17.6. The van der Waals surface area contributed by atoms with Gasteiger partial charge in [0, 0.05) is 18.2 Å². The molecule has 134 valence electrons. The molecule has 1 aliphatic carbocycles. The molecule has 0 aromatic carbocycles. The molecule has 4 heterocycles. The summed E-state index contributed by atoms with van der Waals surface area (Å²) >= 11 is 0. The molecule has 26 heavy (non-hydrogen) atoms. The molecule has 1 fully saturated rings. The van der Waals surface area contributed by atoms with Crippen molar-refractivity contribution in [2.24, 2.45) is 0 Å². The standard InChI is InChI=1S/C19H21N5O2/c1-13-20-10-14-5-7-19(17(14)21-13)6-3-8-24(12-19)11-16-22-18(23-26-16)15-4-2-9-25-15/h2,4,9-10H,3,5-8,11-12H2,1H3. The summed E-state index contributed by atoms with van der Waals surface area (Å²) in [5.41, 5.74) is 2.72. The van der Waals surface area contributed by atoms with Gasteiger partial charge in [0.2, 0.25) is 11.7 Å². The van der Waals surface area contributed by atoms with Crippen molar-refractivity contribution in [3.63, 3.8) is 0 Å². The second kappa shape index (κ2) is 6.02. The van der Waals surface area contributed by atoms with E-state index in [1.54, 1.807) is 6.26 Å². The molecule has 7 nitrogen and oxygen atoms in total. The highest BCUT2D eigenvalue weighted by molar-refractivity contribution is 5.44. The predicted molar refractivity (Wildman–Crippen MR) is 93.3 cm³/mol. The fraction of sp³-hybridized carbons (Fsp3) is 0.474. The molecule has 3 aromatic rings. The average molecular weight is 351 g/mol. The molecule has 1 saturated heterocycles. The summed E-state index contributed by atoms with van der Waals surface area (Å²) in [5.74, 6) is 2.63.